The first kappa shape index (κ1) is 9.65. The molecule has 3 aromatic rings. The van der Waals surface area contributed by atoms with Crippen LogP contribution in [0.2, 0.25) is 0 Å². The van der Waals surface area contributed by atoms with Crippen molar-refractivity contribution in [2.45, 2.75) is 13.0 Å². The highest BCUT2D eigenvalue weighted by Gasteiger charge is 2.13. The number of carbonyl (C=O) groups is 1. The third-order valence-electron chi connectivity index (χ3n) is 3.46. The molecule has 0 spiro atoms. The molecule has 0 unspecified atom stereocenters. The topological polar surface area (TPSA) is 50.1 Å². The van der Waals surface area contributed by atoms with Gasteiger partial charge in [0.05, 0.1) is 11.0 Å². The molecule has 0 aliphatic carbocycles. The van der Waals surface area contributed by atoms with E-state index in [0.717, 1.165) is 11.0 Å². The summed E-state index contributed by atoms with van der Waals surface area (Å²) in [6.07, 6.45) is 0.476. The van der Waals surface area contributed by atoms with Gasteiger partial charge in [0.2, 0.25) is 5.62 Å². The van der Waals surface area contributed by atoms with Crippen molar-refractivity contribution >= 4 is 27.7 Å². The molecule has 1 amide bonds. The Bertz CT molecular complexity index is 849. The number of amides is 1. The van der Waals surface area contributed by atoms with Crippen LogP contribution in [0.1, 0.15) is 6.42 Å². The first-order valence-electron chi connectivity index (χ1n) is 6.01. The van der Waals surface area contributed by atoms with Gasteiger partial charge in [0.1, 0.15) is 0 Å². The lowest BCUT2D eigenvalue weighted by Crippen LogP contribution is -2.31. The molecule has 1 aromatic heterocycles. The number of H-pyrrole nitrogens is 1. The number of nitrogens with one attached hydrogen (secondary N) is 1. The number of benzene rings is 2. The van der Waals surface area contributed by atoms with Gasteiger partial charge in [-0.3, -0.25) is 4.79 Å². The van der Waals surface area contributed by atoms with E-state index in [-0.39, 0.29) is 5.91 Å². The molecule has 0 saturated carbocycles. The zero-order valence-electron chi connectivity index (χ0n) is 9.68. The number of fused-ring (bicyclic) bond motifs is 2. The highest BCUT2D eigenvalue weighted by molar-refractivity contribution is 6.06. The van der Waals surface area contributed by atoms with E-state index in [0.29, 0.717) is 18.6 Å². The Morgan fingerprint density at radius 1 is 1.17 bits per heavy atom. The second kappa shape index (κ2) is 3.32. The SMILES string of the molecule is O=C1CCn2c([nH]c3cccc4cccc2c43)=N1. The first-order chi connectivity index (χ1) is 8.83. The highest BCUT2D eigenvalue weighted by atomic mass is 16.1. The molecule has 1 aliphatic heterocycles. The van der Waals surface area contributed by atoms with Crippen LogP contribution in [0.3, 0.4) is 0 Å². The summed E-state index contributed by atoms with van der Waals surface area (Å²) in [5.41, 5.74) is 2.80. The fourth-order valence-electron chi connectivity index (χ4n) is 2.65. The molecule has 1 N–H and O–H groups in total. The van der Waals surface area contributed by atoms with Crippen LogP contribution >= 0.6 is 0 Å². The fraction of sp³-hybridized carbons (Fsp3) is 0.143. The number of nitrogens with zero attached hydrogens (tertiary/aromatic N) is 2. The third-order valence-corrected chi connectivity index (χ3v) is 3.46. The van der Waals surface area contributed by atoms with Crippen molar-refractivity contribution in [1.82, 2.24) is 9.55 Å². The third kappa shape index (κ3) is 1.20. The van der Waals surface area contributed by atoms with E-state index < -0.39 is 0 Å². The Labute approximate surface area is 103 Å². The van der Waals surface area contributed by atoms with E-state index >= 15 is 0 Å². The van der Waals surface area contributed by atoms with Crippen molar-refractivity contribution in [2.75, 3.05) is 0 Å². The Hall–Kier alpha value is -2.36. The number of aromatic nitrogens is 2. The van der Waals surface area contributed by atoms with Gasteiger partial charge in [-0.25, -0.2) is 0 Å². The summed E-state index contributed by atoms with van der Waals surface area (Å²) in [5.74, 6) is -0.0553. The summed E-state index contributed by atoms with van der Waals surface area (Å²) >= 11 is 0. The molecule has 1 aliphatic rings. The number of hydrogen-bond acceptors (Lipinski definition) is 1. The van der Waals surface area contributed by atoms with Crippen LogP contribution in [0.15, 0.2) is 41.4 Å². The summed E-state index contributed by atoms with van der Waals surface area (Å²) < 4.78 is 2.08. The van der Waals surface area contributed by atoms with Crippen LogP contribution in [0, 0.1) is 0 Å². The maximum Gasteiger partial charge on any atom is 0.250 e. The van der Waals surface area contributed by atoms with Crippen LogP contribution in [0.25, 0.3) is 21.8 Å². The predicted molar refractivity (Wildman–Crippen MR) is 69.0 cm³/mol. The quantitative estimate of drug-likeness (QED) is 0.638. The van der Waals surface area contributed by atoms with Crippen LogP contribution in [0.5, 0.6) is 0 Å². The van der Waals surface area contributed by atoms with Gasteiger partial charge in [-0.2, -0.15) is 4.99 Å². The van der Waals surface area contributed by atoms with Crippen LogP contribution in [-0.4, -0.2) is 15.5 Å². The average Bonchev–Trinajstić information content (AvgIpc) is 2.39. The highest BCUT2D eigenvalue weighted by Crippen LogP contribution is 2.24. The maximum atomic E-state index is 11.4. The maximum absolute atomic E-state index is 11.4. The summed E-state index contributed by atoms with van der Waals surface area (Å²) in [6, 6.07) is 12.3. The van der Waals surface area contributed by atoms with Gasteiger partial charge >= 0.3 is 0 Å². The Balaban J connectivity index is 2.32. The fourth-order valence-corrected chi connectivity index (χ4v) is 2.65. The lowest BCUT2D eigenvalue weighted by Gasteiger charge is -2.16. The van der Waals surface area contributed by atoms with E-state index in [2.05, 4.69) is 32.7 Å². The molecular formula is C14H11N3O. The van der Waals surface area contributed by atoms with Crippen molar-refractivity contribution in [3.8, 4) is 0 Å². The van der Waals surface area contributed by atoms with Gasteiger partial charge in [-0.05, 0) is 17.5 Å². The normalized spacial score (nSPS) is 14.8. The molecule has 0 bridgehead atoms. The van der Waals surface area contributed by atoms with Crippen molar-refractivity contribution in [2.24, 2.45) is 4.99 Å². The lowest BCUT2D eigenvalue weighted by atomic mass is 10.1. The van der Waals surface area contributed by atoms with E-state index in [1.807, 2.05) is 18.2 Å². The van der Waals surface area contributed by atoms with Gasteiger partial charge in [0.25, 0.3) is 5.91 Å². The predicted octanol–water partition coefficient (Wildman–Crippen LogP) is 1.95. The number of carbonyl (C=O) groups excluding carboxylic acids is 1. The number of aryl methyl sites for hydroxylation is 1. The average molecular weight is 237 g/mol. The van der Waals surface area contributed by atoms with E-state index in [1.54, 1.807) is 0 Å². The largest absolute Gasteiger partial charge is 0.325 e. The van der Waals surface area contributed by atoms with Gasteiger partial charge in [-0.1, -0.05) is 24.3 Å². The molecule has 4 rings (SSSR count). The van der Waals surface area contributed by atoms with E-state index in [1.165, 1.54) is 10.8 Å². The van der Waals surface area contributed by atoms with Crippen LogP contribution in [-0.2, 0) is 11.3 Å². The second-order valence-corrected chi connectivity index (χ2v) is 4.54. The standard InChI is InChI=1S/C14H11N3O/c18-12-7-8-17-11-6-2-4-9-3-1-5-10(13(9)11)15-14(17)16-12/h1-6H,7-8H2,(H,15,16,18). The Kier molecular flexibility index (Phi) is 1.78. The van der Waals surface area contributed by atoms with Crippen molar-refractivity contribution in [3.05, 3.63) is 42.0 Å². The summed E-state index contributed by atoms with van der Waals surface area (Å²) in [5, 5.41) is 2.40. The van der Waals surface area contributed by atoms with Crippen molar-refractivity contribution in [3.63, 3.8) is 0 Å². The Morgan fingerprint density at radius 2 is 2.00 bits per heavy atom. The molecule has 0 saturated heterocycles. The number of hydrogen-bond donors (Lipinski definition) is 1. The minimum Gasteiger partial charge on any atom is -0.325 e. The van der Waals surface area contributed by atoms with Crippen molar-refractivity contribution < 1.29 is 4.79 Å². The lowest BCUT2D eigenvalue weighted by molar-refractivity contribution is -0.118. The van der Waals surface area contributed by atoms with Crippen molar-refractivity contribution in [1.29, 1.82) is 0 Å². The minimum absolute atomic E-state index is 0.0553. The molecule has 0 fully saturated rings. The molecule has 0 atom stereocenters. The summed E-state index contributed by atoms with van der Waals surface area (Å²) in [6.45, 7) is 0.693. The Morgan fingerprint density at radius 3 is 2.89 bits per heavy atom. The smallest absolute Gasteiger partial charge is 0.250 e. The molecule has 4 heteroatoms. The van der Waals surface area contributed by atoms with Crippen LogP contribution < -0.4 is 5.62 Å². The number of aromatic amines is 1. The first-order valence-corrected chi connectivity index (χ1v) is 6.01. The summed E-state index contributed by atoms with van der Waals surface area (Å²) in [7, 11) is 0. The molecule has 88 valence electrons. The zero-order chi connectivity index (χ0) is 12.1. The molecule has 4 nitrogen and oxygen atoms in total. The van der Waals surface area contributed by atoms with Gasteiger partial charge in [0.15, 0.2) is 0 Å². The molecular weight excluding hydrogens is 226 g/mol. The van der Waals surface area contributed by atoms with E-state index in [9.17, 15) is 4.79 Å². The van der Waals surface area contributed by atoms with Crippen LogP contribution in [0.4, 0.5) is 0 Å². The van der Waals surface area contributed by atoms with Gasteiger partial charge in [0, 0.05) is 18.4 Å². The molecule has 2 aromatic carbocycles. The monoisotopic (exact) mass is 237 g/mol. The van der Waals surface area contributed by atoms with Gasteiger partial charge < -0.3 is 9.55 Å². The summed E-state index contributed by atoms with van der Waals surface area (Å²) in [4.78, 5) is 18.7. The van der Waals surface area contributed by atoms with E-state index in [4.69, 9.17) is 0 Å². The molecule has 18 heavy (non-hydrogen) atoms. The molecule has 2 heterocycles. The number of rotatable bonds is 0. The second-order valence-electron chi connectivity index (χ2n) is 4.54. The van der Waals surface area contributed by atoms with Gasteiger partial charge in [-0.15, -0.1) is 0 Å². The molecule has 0 radical (unpaired) electrons. The zero-order valence-corrected chi connectivity index (χ0v) is 9.68. The minimum atomic E-state index is -0.0553.